The molecule has 0 saturated heterocycles. The molecule has 10 heteroatoms. The molecule has 1 atom stereocenters. The van der Waals surface area contributed by atoms with Crippen molar-refractivity contribution >= 4 is 43.5 Å². The molecule has 0 radical (unpaired) electrons. The van der Waals surface area contributed by atoms with E-state index in [0.717, 1.165) is 32.2 Å². The number of carbonyl (C=O) groups is 2. The fourth-order valence-electron chi connectivity index (χ4n) is 3.97. The van der Waals surface area contributed by atoms with Crippen LogP contribution < -0.4 is 9.62 Å². The van der Waals surface area contributed by atoms with Crippen molar-refractivity contribution in [3.8, 4) is 0 Å². The predicted molar refractivity (Wildman–Crippen MR) is 150 cm³/mol. The Kier molecular flexibility index (Phi) is 10.0. The molecular weight excluding hydrogens is 573 g/mol. The van der Waals surface area contributed by atoms with Gasteiger partial charge >= 0.3 is 0 Å². The fourth-order valence-corrected chi connectivity index (χ4v) is 5.07. The van der Waals surface area contributed by atoms with Crippen molar-refractivity contribution in [1.82, 2.24) is 10.2 Å². The van der Waals surface area contributed by atoms with Gasteiger partial charge in [0.15, 0.2) is 0 Å². The summed E-state index contributed by atoms with van der Waals surface area (Å²) < 4.78 is 41.0. The summed E-state index contributed by atoms with van der Waals surface area (Å²) in [6, 6.07) is 20.5. The molecule has 38 heavy (non-hydrogen) atoms. The van der Waals surface area contributed by atoms with Gasteiger partial charge in [-0.15, -0.1) is 0 Å². The zero-order valence-electron chi connectivity index (χ0n) is 21.5. The molecule has 0 fully saturated rings. The van der Waals surface area contributed by atoms with Crippen LogP contribution in [0.1, 0.15) is 25.0 Å². The molecule has 0 aliphatic heterocycles. The van der Waals surface area contributed by atoms with Gasteiger partial charge in [0.05, 0.1) is 11.9 Å². The molecule has 3 rings (SSSR count). The summed E-state index contributed by atoms with van der Waals surface area (Å²) in [5.74, 6) is -1.58. The normalized spacial score (nSPS) is 12.2. The molecule has 0 saturated carbocycles. The van der Waals surface area contributed by atoms with Crippen molar-refractivity contribution in [2.75, 3.05) is 17.1 Å². The SMILES string of the molecule is CC(C)NC(=O)[C@H](Cc1ccccc1)N(Cc1ccc(Br)cc1)C(=O)CN(c1cccc(F)c1)S(C)(=O)=O. The van der Waals surface area contributed by atoms with E-state index in [1.165, 1.54) is 23.1 Å². The van der Waals surface area contributed by atoms with Gasteiger partial charge in [0.25, 0.3) is 0 Å². The largest absolute Gasteiger partial charge is 0.352 e. The third-order valence-corrected chi connectivity index (χ3v) is 7.41. The number of amides is 2. The van der Waals surface area contributed by atoms with Gasteiger partial charge < -0.3 is 10.2 Å². The number of carbonyl (C=O) groups excluding carboxylic acids is 2. The van der Waals surface area contributed by atoms with Crippen LogP contribution in [0.25, 0.3) is 0 Å². The number of hydrogen-bond acceptors (Lipinski definition) is 4. The first-order valence-electron chi connectivity index (χ1n) is 12.1. The number of benzene rings is 3. The van der Waals surface area contributed by atoms with Gasteiger partial charge in [-0.05, 0) is 55.3 Å². The van der Waals surface area contributed by atoms with E-state index in [-0.39, 0.29) is 30.6 Å². The zero-order chi connectivity index (χ0) is 27.9. The maximum atomic E-state index is 14.0. The highest BCUT2D eigenvalue weighted by Crippen LogP contribution is 2.21. The molecule has 7 nitrogen and oxygen atoms in total. The minimum Gasteiger partial charge on any atom is -0.352 e. The highest BCUT2D eigenvalue weighted by molar-refractivity contribution is 9.10. The Labute approximate surface area is 231 Å². The Morgan fingerprint density at radius 2 is 1.61 bits per heavy atom. The number of nitrogens with one attached hydrogen (secondary N) is 1. The van der Waals surface area contributed by atoms with Crippen molar-refractivity contribution in [3.63, 3.8) is 0 Å². The van der Waals surface area contributed by atoms with Gasteiger partial charge in [-0.2, -0.15) is 0 Å². The summed E-state index contributed by atoms with van der Waals surface area (Å²) in [6.07, 6.45) is 1.18. The van der Waals surface area contributed by atoms with Crippen LogP contribution in [-0.4, -0.2) is 50.0 Å². The van der Waals surface area contributed by atoms with Crippen molar-refractivity contribution < 1.29 is 22.4 Å². The smallest absolute Gasteiger partial charge is 0.244 e. The van der Waals surface area contributed by atoms with E-state index in [4.69, 9.17) is 0 Å². The molecule has 0 bridgehead atoms. The molecule has 0 heterocycles. The van der Waals surface area contributed by atoms with Crippen LogP contribution in [0.2, 0.25) is 0 Å². The second-order valence-electron chi connectivity index (χ2n) is 9.27. The fraction of sp³-hybridized carbons (Fsp3) is 0.286. The lowest BCUT2D eigenvalue weighted by Gasteiger charge is -2.34. The van der Waals surface area contributed by atoms with E-state index in [1.807, 2.05) is 68.4 Å². The van der Waals surface area contributed by atoms with Crippen LogP contribution in [0.4, 0.5) is 10.1 Å². The molecule has 1 N–H and O–H groups in total. The minimum absolute atomic E-state index is 0.0238. The number of halogens is 2. The highest BCUT2D eigenvalue weighted by atomic mass is 79.9. The first-order valence-corrected chi connectivity index (χ1v) is 14.7. The van der Waals surface area contributed by atoms with Gasteiger partial charge in [0.1, 0.15) is 18.4 Å². The maximum Gasteiger partial charge on any atom is 0.244 e. The molecule has 202 valence electrons. The lowest BCUT2D eigenvalue weighted by molar-refractivity contribution is -0.140. The Balaban J connectivity index is 2.05. The third-order valence-electron chi connectivity index (χ3n) is 5.74. The molecule has 0 aliphatic carbocycles. The summed E-state index contributed by atoms with van der Waals surface area (Å²) in [6.45, 7) is 3.12. The van der Waals surface area contributed by atoms with Gasteiger partial charge in [-0.25, -0.2) is 12.8 Å². The molecule has 0 spiro atoms. The summed E-state index contributed by atoms with van der Waals surface area (Å²) >= 11 is 3.40. The topological polar surface area (TPSA) is 86.8 Å². The standard InChI is InChI=1S/C28H31BrFN3O4S/c1-20(2)31-28(35)26(16-21-8-5-4-6-9-21)32(18-22-12-14-23(29)15-13-22)27(34)19-33(38(3,36)37)25-11-7-10-24(30)17-25/h4-15,17,20,26H,16,18-19H2,1-3H3,(H,31,35)/t26-/m0/s1. The van der Waals surface area contributed by atoms with Crippen LogP contribution in [0, 0.1) is 5.82 Å². The average Bonchev–Trinajstić information content (AvgIpc) is 2.85. The highest BCUT2D eigenvalue weighted by Gasteiger charge is 2.33. The quantitative estimate of drug-likeness (QED) is 0.349. The van der Waals surface area contributed by atoms with Gasteiger partial charge in [0.2, 0.25) is 21.8 Å². The van der Waals surface area contributed by atoms with Gasteiger partial charge in [0, 0.05) is 23.5 Å². The molecule has 0 unspecified atom stereocenters. The maximum absolute atomic E-state index is 14.0. The molecule has 3 aromatic rings. The molecule has 0 aliphatic rings. The lowest BCUT2D eigenvalue weighted by Crippen LogP contribution is -2.54. The van der Waals surface area contributed by atoms with Crippen molar-refractivity contribution in [2.45, 2.75) is 38.9 Å². The van der Waals surface area contributed by atoms with Crippen molar-refractivity contribution in [1.29, 1.82) is 0 Å². The number of hydrogen-bond donors (Lipinski definition) is 1. The second kappa shape index (κ2) is 13.0. The molecule has 2 amide bonds. The minimum atomic E-state index is -3.95. The molecule has 0 aromatic heterocycles. The molecular formula is C28H31BrFN3O4S. The van der Waals surface area contributed by atoms with Crippen LogP contribution >= 0.6 is 15.9 Å². The summed E-state index contributed by atoms with van der Waals surface area (Å²) in [4.78, 5) is 28.7. The lowest BCUT2D eigenvalue weighted by atomic mass is 10.0. The van der Waals surface area contributed by atoms with E-state index in [0.29, 0.717) is 0 Å². The Morgan fingerprint density at radius 3 is 2.18 bits per heavy atom. The zero-order valence-corrected chi connectivity index (χ0v) is 23.9. The van der Waals surface area contributed by atoms with Crippen molar-refractivity contribution in [3.05, 3.63) is 100 Å². The third kappa shape index (κ3) is 8.39. The monoisotopic (exact) mass is 603 g/mol. The number of nitrogens with zero attached hydrogens (tertiary/aromatic N) is 2. The van der Waals surface area contributed by atoms with Gasteiger partial charge in [-0.1, -0.05) is 64.5 Å². The van der Waals surface area contributed by atoms with E-state index in [2.05, 4.69) is 21.2 Å². The number of sulfonamides is 1. The van der Waals surface area contributed by atoms with Crippen LogP contribution in [0.5, 0.6) is 0 Å². The summed E-state index contributed by atoms with van der Waals surface area (Å²) in [5.41, 5.74) is 1.62. The first kappa shape index (κ1) is 29.3. The second-order valence-corrected chi connectivity index (χ2v) is 12.1. The van der Waals surface area contributed by atoms with Gasteiger partial charge in [-0.3, -0.25) is 13.9 Å². The molecule has 3 aromatic carbocycles. The van der Waals surface area contributed by atoms with E-state index >= 15 is 0 Å². The van der Waals surface area contributed by atoms with Crippen LogP contribution in [0.15, 0.2) is 83.3 Å². The van der Waals surface area contributed by atoms with Crippen LogP contribution in [-0.2, 0) is 32.6 Å². The Bertz CT molecular complexity index is 1350. The number of rotatable bonds is 11. The van der Waals surface area contributed by atoms with Crippen LogP contribution in [0.3, 0.4) is 0 Å². The van der Waals surface area contributed by atoms with Crippen molar-refractivity contribution in [2.24, 2.45) is 0 Å². The average molecular weight is 605 g/mol. The summed E-state index contributed by atoms with van der Waals surface area (Å²) in [7, 11) is -3.95. The van der Waals surface area contributed by atoms with E-state index < -0.39 is 34.3 Å². The van der Waals surface area contributed by atoms with E-state index in [1.54, 1.807) is 0 Å². The summed E-state index contributed by atoms with van der Waals surface area (Å²) in [5, 5.41) is 2.89. The first-order chi connectivity index (χ1) is 17.9. The van der Waals surface area contributed by atoms with E-state index in [9.17, 15) is 22.4 Å². The Hall–Kier alpha value is -3.24. The predicted octanol–water partition coefficient (Wildman–Crippen LogP) is 4.52. The Morgan fingerprint density at radius 1 is 0.947 bits per heavy atom. The number of anilines is 1.